The predicted molar refractivity (Wildman–Crippen MR) is 76.5 cm³/mol. The fraction of sp³-hybridized carbons (Fsp3) is 0.571. The van der Waals surface area contributed by atoms with E-state index in [0.717, 1.165) is 19.3 Å². The fourth-order valence-corrected chi connectivity index (χ4v) is 4.06. The summed E-state index contributed by atoms with van der Waals surface area (Å²) in [6.07, 6.45) is 4.22. The maximum Gasteiger partial charge on any atom is 0.240 e. The van der Waals surface area contributed by atoms with Crippen LogP contribution in [0.15, 0.2) is 35.2 Å². The van der Waals surface area contributed by atoms with Crippen molar-refractivity contribution in [1.29, 1.82) is 0 Å². The number of rotatable bonds is 4. The Morgan fingerprint density at radius 2 is 1.74 bits per heavy atom. The van der Waals surface area contributed by atoms with Gasteiger partial charge in [-0.05, 0) is 39.1 Å². The second-order valence-corrected chi connectivity index (χ2v) is 7.07. The molecule has 0 spiro atoms. The molecule has 1 aliphatic rings. The Balaban J connectivity index is 2.15. The largest absolute Gasteiger partial charge is 0.305 e. The molecule has 0 bridgehead atoms. The Kier molecular flexibility index (Phi) is 4.60. The second-order valence-electron chi connectivity index (χ2n) is 5.36. The van der Waals surface area contributed by atoms with Gasteiger partial charge in [0.25, 0.3) is 0 Å². The van der Waals surface area contributed by atoms with Gasteiger partial charge in [0.15, 0.2) is 0 Å². The molecule has 1 aromatic rings. The number of benzene rings is 1. The van der Waals surface area contributed by atoms with Crippen LogP contribution in [0.5, 0.6) is 0 Å². The van der Waals surface area contributed by atoms with Crippen LogP contribution in [-0.2, 0) is 10.0 Å². The molecule has 5 heteroatoms. The molecule has 2 rings (SSSR count). The van der Waals surface area contributed by atoms with Gasteiger partial charge in [-0.25, -0.2) is 13.1 Å². The third-order valence-corrected chi connectivity index (χ3v) is 5.26. The Labute approximate surface area is 115 Å². The van der Waals surface area contributed by atoms with Gasteiger partial charge in [-0.2, -0.15) is 0 Å². The van der Waals surface area contributed by atoms with E-state index in [1.54, 1.807) is 24.3 Å². The Morgan fingerprint density at radius 3 is 2.37 bits per heavy atom. The van der Waals surface area contributed by atoms with E-state index in [1.807, 2.05) is 20.2 Å². The molecule has 1 N–H and O–H groups in total. The summed E-state index contributed by atoms with van der Waals surface area (Å²) >= 11 is 0. The van der Waals surface area contributed by atoms with Gasteiger partial charge in [0.2, 0.25) is 10.0 Å². The summed E-state index contributed by atoms with van der Waals surface area (Å²) in [7, 11) is 0.624. The van der Waals surface area contributed by atoms with Crippen molar-refractivity contribution in [2.45, 2.75) is 42.7 Å². The standard InChI is InChI=1S/C14H22N2O2S/c1-16(2)14-11-7-6-10-13(14)15-19(17,18)12-8-4-3-5-9-12/h3-5,8-9,13-15H,6-7,10-11H2,1-2H3/t13-,14-/m1/s1. The van der Waals surface area contributed by atoms with Crippen LogP contribution in [0.25, 0.3) is 0 Å². The molecule has 1 aromatic carbocycles. The Bertz CT molecular complexity index is 499. The summed E-state index contributed by atoms with van der Waals surface area (Å²) in [5.41, 5.74) is 0. The first-order valence-electron chi connectivity index (χ1n) is 6.74. The van der Waals surface area contributed by atoms with Crippen LogP contribution in [0, 0.1) is 0 Å². The van der Waals surface area contributed by atoms with Crippen LogP contribution in [-0.4, -0.2) is 39.5 Å². The monoisotopic (exact) mass is 282 g/mol. The minimum absolute atomic E-state index is 0.00829. The van der Waals surface area contributed by atoms with Gasteiger partial charge in [-0.15, -0.1) is 0 Å². The van der Waals surface area contributed by atoms with Crippen molar-refractivity contribution < 1.29 is 8.42 Å². The van der Waals surface area contributed by atoms with E-state index in [4.69, 9.17) is 0 Å². The summed E-state index contributed by atoms with van der Waals surface area (Å²) < 4.78 is 27.6. The molecule has 0 aromatic heterocycles. The molecule has 106 valence electrons. The predicted octanol–water partition coefficient (Wildman–Crippen LogP) is 1.84. The third-order valence-electron chi connectivity index (χ3n) is 3.75. The van der Waals surface area contributed by atoms with Crippen LogP contribution < -0.4 is 4.72 Å². The summed E-state index contributed by atoms with van der Waals surface area (Å²) in [6.45, 7) is 0. The SMILES string of the molecule is CN(C)[C@@H]1CCCC[C@H]1NS(=O)(=O)c1ccccc1. The lowest BCUT2D eigenvalue weighted by molar-refractivity contribution is 0.191. The Morgan fingerprint density at radius 1 is 1.11 bits per heavy atom. The highest BCUT2D eigenvalue weighted by Crippen LogP contribution is 2.23. The molecule has 19 heavy (non-hydrogen) atoms. The van der Waals surface area contributed by atoms with Crippen molar-refractivity contribution in [3.8, 4) is 0 Å². The summed E-state index contributed by atoms with van der Waals surface area (Å²) in [4.78, 5) is 2.47. The smallest absolute Gasteiger partial charge is 0.240 e. The first-order valence-corrected chi connectivity index (χ1v) is 8.23. The highest BCUT2D eigenvalue weighted by atomic mass is 32.2. The van der Waals surface area contributed by atoms with Crippen molar-refractivity contribution in [3.63, 3.8) is 0 Å². The third kappa shape index (κ3) is 3.55. The van der Waals surface area contributed by atoms with Crippen molar-refractivity contribution in [2.24, 2.45) is 0 Å². The lowest BCUT2D eigenvalue weighted by Crippen LogP contribution is -2.50. The fourth-order valence-electron chi connectivity index (χ4n) is 2.73. The van der Waals surface area contributed by atoms with Gasteiger partial charge in [0, 0.05) is 12.1 Å². The molecular formula is C14H22N2O2S. The van der Waals surface area contributed by atoms with Crippen LogP contribution >= 0.6 is 0 Å². The lowest BCUT2D eigenvalue weighted by atomic mass is 9.90. The van der Waals surface area contributed by atoms with E-state index in [2.05, 4.69) is 9.62 Å². The topological polar surface area (TPSA) is 49.4 Å². The summed E-state index contributed by atoms with van der Waals surface area (Å²) in [5, 5.41) is 0. The van der Waals surface area contributed by atoms with E-state index in [0.29, 0.717) is 4.90 Å². The van der Waals surface area contributed by atoms with Gasteiger partial charge in [-0.3, -0.25) is 0 Å². The van der Waals surface area contributed by atoms with E-state index < -0.39 is 10.0 Å². The molecule has 1 aliphatic carbocycles. The number of nitrogens with zero attached hydrogens (tertiary/aromatic N) is 1. The van der Waals surface area contributed by atoms with Crippen molar-refractivity contribution >= 4 is 10.0 Å². The average molecular weight is 282 g/mol. The number of hydrogen-bond donors (Lipinski definition) is 1. The van der Waals surface area contributed by atoms with Crippen molar-refractivity contribution in [3.05, 3.63) is 30.3 Å². The zero-order valence-corrected chi connectivity index (χ0v) is 12.4. The number of likely N-dealkylation sites (N-methyl/N-ethyl adjacent to an activating group) is 1. The second kappa shape index (κ2) is 6.03. The number of hydrogen-bond acceptors (Lipinski definition) is 3. The summed E-state index contributed by atoms with van der Waals surface area (Å²) in [5.74, 6) is 0. The van der Waals surface area contributed by atoms with Gasteiger partial charge < -0.3 is 4.90 Å². The maximum absolute atomic E-state index is 12.3. The van der Waals surface area contributed by atoms with E-state index in [1.165, 1.54) is 6.42 Å². The van der Waals surface area contributed by atoms with Crippen LogP contribution in [0.1, 0.15) is 25.7 Å². The first kappa shape index (κ1) is 14.5. The molecule has 0 aliphatic heterocycles. The zero-order valence-electron chi connectivity index (χ0n) is 11.5. The first-order chi connectivity index (χ1) is 9.00. The molecule has 0 heterocycles. The maximum atomic E-state index is 12.3. The highest BCUT2D eigenvalue weighted by molar-refractivity contribution is 7.89. The van der Waals surface area contributed by atoms with E-state index >= 15 is 0 Å². The lowest BCUT2D eigenvalue weighted by Gasteiger charge is -2.36. The molecule has 0 saturated heterocycles. The zero-order chi connectivity index (χ0) is 13.9. The number of sulfonamides is 1. The molecular weight excluding hydrogens is 260 g/mol. The average Bonchev–Trinajstić information content (AvgIpc) is 2.39. The van der Waals surface area contributed by atoms with Gasteiger partial charge >= 0.3 is 0 Å². The van der Waals surface area contributed by atoms with Crippen LogP contribution in [0.2, 0.25) is 0 Å². The molecule has 2 atom stereocenters. The summed E-state index contributed by atoms with van der Waals surface area (Å²) in [6, 6.07) is 8.88. The van der Waals surface area contributed by atoms with Gasteiger partial charge in [0.05, 0.1) is 4.90 Å². The van der Waals surface area contributed by atoms with Gasteiger partial charge in [-0.1, -0.05) is 31.0 Å². The van der Waals surface area contributed by atoms with E-state index in [9.17, 15) is 8.42 Å². The Hall–Kier alpha value is -0.910. The van der Waals surface area contributed by atoms with Crippen molar-refractivity contribution in [2.75, 3.05) is 14.1 Å². The normalized spacial score (nSPS) is 24.6. The highest BCUT2D eigenvalue weighted by Gasteiger charge is 2.30. The van der Waals surface area contributed by atoms with Crippen LogP contribution in [0.3, 0.4) is 0 Å². The van der Waals surface area contributed by atoms with E-state index in [-0.39, 0.29) is 12.1 Å². The van der Waals surface area contributed by atoms with Gasteiger partial charge in [0.1, 0.15) is 0 Å². The van der Waals surface area contributed by atoms with Crippen LogP contribution in [0.4, 0.5) is 0 Å². The minimum Gasteiger partial charge on any atom is -0.305 e. The quantitative estimate of drug-likeness (QED) is 0.916. The minimum atomic E-state index is -3.40. The molecule has 1 fully saturated rings. The number of nitrogens with one attached hydrogen (secondary N) is 1. The molecule has 0 radical (unpaired) electrons. The molecule has 0 unspecified atom stereocenters. The molecule has 1 saturated carbocycles. The van der Waals surface area contributed by atoms with Crippen molar-refractivity contribution in [1.82, 2.24) is 9.62 Å². The molecule has 0 amide bonds. The molecule has 4 nitrogen and oxygen atoms in total.